The highest BCUT2D eigenvalue weighted by Crippen LogP contribution is 2.33. The number of amides is 1. The van der Waals surface area contributed by atoms with Crippen LogP contribution in [0.2, 0.25) is 0 Å². The summed E-state index contributed by atoms with van der Waals surface area (Å²) in [7, 11) is 0. The molecular weight excluding hydrogens is 356 g/mol. The van der Waals surface area contributed by atoms with Crippen LogP contribution in [0.15, 0.2) is 68.9 Å². The SMILES string of the molecule is O=C(CNc1cc(F)cc(F)c1)N1N=C(c2ccco2)C[C@@H]1c1ccco1. The lowest BCUT2D eigenvalue weighted by Crippen LogP contribution is -2.32. The van der Waals surface area contributed by atoms with E-state index < -0.39 is 17.7 Å². The monoisotopic (exact) mass is 371 g/mol. The van der Waals surface area contributed by atoms with Crippen molar-refractivity contribution < 1.29 is 22.4 Å². The lowest BCUT2D eigenvalue weighted by Gasteiger charge is -2.20. The molecule has 1 aliphatic heterocycles. The lowest BCUT2D eigenvalue weighted by atomic mass is 10.1. The number of halogens is 2. The summed E-state index contributed by atoms with van der Waals surface area (Å²) in [5.41, 5.74) is 0.788. The quantitative estimate of drug-likeness (QED) is 0.737. The number of nitrogens with one attached hydrogen (secondary N) is 1. The number of benzene rings is 1. The van der Waals surface area contributed by atoms with Gasteiger partial charge in [0.05, 0.1) is 19.1 Å². The summed E-state index contributed by atoms with van der Waals surface area (Å²) < 4.78 is 37.4. The Morgan fingerprint density at radius 2 is 1.89 bits per heavy atom. The van der Waals surface area contributed by atoms with E-state index in [9.17, 15) is 13.6 Å². The molecule has 0 spiro atoms. The molecule has 1 amide bonds. The van der Waals surface area contributed by atoms with Crippen LogP contribution in [0.4, 0.5) is 14.5 Å². The average Bonchev–Trinajstić information content (AvgIpc) is 3.39. The van der Waals surface area contributed by atoms with Gasteiger partial charge in [-0.3, -0.25) is 4.79 Å². The lowest BCUT2D eigenvalue weighted by molar-refractivity contribution is -0.131. The number of hydrogen-bond donors (Lipinski definition) is 1. The molecule has 0 bridgehead atoms. The Morgan fingerprint density at radius 1 is 1.15 bits per heavy atom. The van der Waals surface area contributed by atoms with Gasteiger partial charge < -0.3 is 14.2 Å². The van der Waals surface area contributed by atoms with Gasteiger partial charge in [0.2, 0.25) is 0 Å². The smallest absolute Gasteiger partial charge is 0.262 e. The Bertz CT molecular complexity index is 948. The third-order valence-corrected chi connectivity index (χ3v) is 4.15. The minimum absolute atomic E-state index is 0.171. The summed E-state index contributed by atoms with van der Waals surface area (Å²) in [6.45, 7) is -0.185. The summed E-state index contributed by atoms with van der Waals surface area (Å²) in [5.74, 6) is -0.662. The zero-order valence-electron chi connectivity index (χ0n) is 14.1. The van der Waals surface area contributed by atoms with Crippen LogP contribution >= 0.6 is 0 Å². The summed E-state index contributed by atoms with van der Waals surface area (Å²) >= 11 is 0. The Hall–Kier alpha value is -3.42. The molecule has 1 atom stereocenters. The molecule has 0 radical (unpaired) electrons. The molecule has 0 saturated heterocycles. The molecule has 1 aromatic carbocycles. The van der Waals surface area contributed by atoms with Crippen molar-refractivity contribution in [2.75, 3.05) is 11.9 Å². The first-order chi connectivity index (χ1) is 13.1. The number of nitrogens with zero attached hydrogens (tertiary/aromatic N) is 2. The fourth-order valence-corrected chi connectivity index (χ4v) is 2.95. The van der Waals surface area contributed by atoms with Crippen molar-refractivity contribution in [2.45, 2.75) is 12.5 Å². The van der Waals surface area contributed by atoms with Gasteiger partial charge in [0.25, 0.3) is 5.91 Å². The van der Waals surface area contributed by atoms with Gasteiger partial charge in [-0.05, 0) is 36.4 Å². The Balaban J connectivity index is 1.53. The number of anilines is 1. The second kappa shape index (κ2) is 7.06. The molecule has 3 heterocycles. The topological polar surface area (TPSA) is 71.0 Å². The second-order valence-corrected chi connectivity index (χ2v) is 6.01. The Morgan fingerprint density at radius 3 is 2.56 bits per heavy atom. The zero-order chi connectivity index (χ0) is 18.8. The van der Waals surface area contributed by atoms with Gasteiger partial charge in [-0.15, -0.1) is 0 Å². The van der Waals surface area contributed by atoms with Crippen LogP contribution in [0, 0.1) is 11.6 Å². The normalized spacial score (nSPS) is 16.4. The first kappa shape index (κ1) is 17.0. The van der Waals surface area contributed by atoms with Crippen molar-refractivity contribution in [2.24, 2.45) is 5.10 Å². The second-order valence-electron chi connectivity index (χ2n) is 6.01. The van der Waals surface area contributed by atoms with Crippen molar-refractivity contribution in [1.29, 1.82) is 0 Å². The molecule has 138 valence electrons. The van der Waals surface area contributed by atoms with E-state index in [2.05, 4.69) is 10.4 Å². The Labute approximate surface area is 153 Å². The van der Waals surface area contributed by atoms with Gasteiger partial charge in [0.1, 0.15) is 34.9 Å². The van der Waals surface area contributed by atoms with Crippen LogP contribution in [0.25, 0.3) is 0 Å². The van der Waals surface area contributed by atoms with Crippen LogP contribution < -0.4 is 5.32 Å². The van der Waals surface area contributed by atoms with E-state index in [-0.39, 0.29) is 18.1 Å². The minimum atomic E-state index is -0.724. The van der Waals surface area contributed by atoms with Crippen LogP contribution in [0.1, 0.15) is 24.0 Å². The van der Waals surface area contributed by atoms with E-state index in [0.717, 1.165) is 18.2 Å². The predicted molar refractivity (Wildman–Crippen MR) is 93.0 cm³/mol. The maximum Gasteiger partial charge on any atom is 0.262 e. The maximum atomic E-state index is 13.3. The number of carbonyl (C=O) groups is 1. The molecule has 27 heavy (non-hydrogen) atoms. The summed E-state index contributed by atoms with van der Waals surface area (Å²) in [4.78, 5) is 12.7. The average molecular weight is 371 g/mol. The van der Waals surface area contributed by atoms with Crippen molar-refractivity contribution in [3.63, 3.8) is 0 Å². The molecule has 4 rings (SSSR count). The van der Waals surface area contributed by atoms with E-state index in [1.54, 1.807) is 24.3 Å². The van der Waals surface area contributed by atoms with Gasteiger partial charge in [0.15, 0.2) is 0 Å². The van der Waals surface area contributed by atoms with E-state index in [1.165, 1.54) is 17.5 Å². The molecule has 0 unspecified atom stereocenters. The number of furan rings is 2. The number of hydrazone groups is 1. The third kappa shape index (κ3) is 3.59. The largest absolute Gasteiger partial charge is 0.467 e. The van der Waals surface area contributed by atoms with Crippen molar-refractivity contribution >= 4 is 17.3 Å². The van der Waals surface area contributed by atoms with E-state index in [1.807, 2.05) is 0 Å². The summed E-state index contributed by atoms with van der Waals surface area (Å²) in [5, 5.41) is 8.40. The number of rotatable bonds is 5. The maximum absolute atomic E-state index is 13.3. The molecule has 1 N–H and O–H groups in total. The van der Waals surface area contributed by atoms with Crippen LogP contribution in [0.5, 0.6) is 0 Å². The highest BCUT2D eigenvalue weighted by Gasteiger charge is 2.35. The zero-order valence-corrected chi connectivity index (χ0v) is 14.1. The highest BCUT2D eigenvalue weighted by molar-refractivity contribution is 6.01. The van der Waals surface area contributed by atoms with Crippen LogP contribution in [-0.4, -0.2) is 23.2 Å². The van der Waals surface area contributed by atoms with E-state index in [4.69, 9.17) is 8.83 Å². The molecule has 0 saturated carbocycles. The third-order valence-electron chi connectivity index (χ3n) is 4.15. The van der Waals surface area contributed by atoms with Crippen molar-refractivity contribution in [3.05, 3.63) is 78.1 Å². The molecule has 6 nitrogen and oxygen atoms in total. The number of carbonyl (C=O) groups excluding carboxylic acids is 1. The van der Waals surface area contributed by atoms with E-state index >= 15 is 0 Å². The molecule has 1 aliphatic rings. The molecule has 2 aromatic heterocycles. The highest BCUT2D eigenvalue weighted by atomic mass is 19.1. The summed E-state index contributed by atoms with van der Waals surface area (Å²) in [6.07, 6.45) is 3.49. The van der Waals surface area contributed by atoms with E-state index in [0.29, 0.717) is 23.7 Å². The predicted octanol–water partition coefficient (Wildman–Crippen LogP) is 3.94. The molecule has 3 aromatic rings. The van der Waals surface area contributed by atoms with Gasteiger partial charge >= 0.3 is 0 Å². The molecule has 0 fully saturated rings. The first-order valence-electron chi connectivity index (χ1n) is 8.27. The first-order valence-corrected chi connectivity index (χ1v) is 8.27. The van der Waals surface area contributed by atoms with Gasteiger partial charge in [0, 0.05) is 18.2 Å². The van der Waals surface area contributed by atoms with Gasteiger partial charge in [-0.25, -0.2) is 13.8 Å². The minimum Gasteiger partial charge on any atom is -0.467 e. The molecule has 8 heteroatoms. The Kier molecular flexibility index (Phi) is 4.45. The summed E-state index contributed by atoms with van der Waals surface area (Å²) in [6, 6.07) is 9.57. The fourth-order valence-electron chi connectivity index (χ4n) is 2.95. The van der Waals surface area contributed by atoms with Crippen molar-refractivity contribution in [3.8, 4) is 0 Å². The molecule has 0 aliphatic carbocycles. The van der Waals surface area contributed by atoms with Gasteiger partial charge in [-0.2, -0.15) is 5.10 Å². The number of hydrogen-bond acceptors (Lipinski definition) is 5. The van der Waals surface area contributed by atoms with Crippen molar-refractivity contribution in [1.82, 2.24) is 5.01 Å². The molecular formula is C19H15F2N3O3. The van der Waals surface area contributed by atoms with Gasteiger partial charge in [-0.1, -0.05) is 0 Å². The standard InChI is InChI=1S/C19H15F2N3O3/c20-12-7-13(21)9-14(8-12)22-11-19(25)24-16(18-4-2-6-27-18)10-15(23-24)17-3-1-5-26-17/h1-9,16,22H,10-11H2/t16-/m1/s1. The van der Waals surface area contributed by atoms with Crippen LogP contribution in [0.3, 0.4) is 0 Å². The fraction of sp³-hybridized carbons (Fsp3) is 0.158. The van der Waals surface area contributed by atoms with Crippen LogP contribution in [-0.2, 0) is 4.79 Å².